The van der Waals surface area contributed by atoms with Crippen LogP contribution in [0.2, 0.25) is 0 Å². The minimum absolute atomic E-state index is 0.0521. The second-order valence-electron chi connectivity index (χ2n) is 12.4. The van der Waals surface area contributed by atoms with Crippen LogP contribution in [0.15, 0.2) is 67.6 Å². The molecule has 2 N–H and O–H groups in total. The molecule has 7 rings (SSSR count). The molecule has 0 bridgehead atoms. The highest BCUT2D eigenvalue weighted by Crippen LogP contribution is 2.42. The summed E-state index contributed by atoms with van der Waals surface area (Å²) < 4.78 is 32.7. The number of carbonyl (C=O) groups excluding carboxylic acids is 1. The maximum absolute atomic E-state index is 15.5. The predicted octanol–water partition coefficient (Wildman–Crippen LogP) is 5.91. The van der Waals surface area contributed by atoms with E-state index < -0.39 is 5.82 Å². The van der Waals surface area contributed by atoms with Crippen molar-refractivity contribution in [1.29, 1.82) is 0 Å². The monoisotopic (exact) mass is 639 g/mol. The van der Waals surface area contributed by atoms with Gasteiger partial charge in [-0.15, -0.1) is 0 Å². The maximum atomic E-state index is 15.5. The Hall–Kier alpha value is -4.97. The number of rotatable bonds is 9. The zero-order chi connectivity index (χ0) is 32.4. The molecule has 11 nitrogen and oxygen atoms in total. The van der Waals surface area contributed by atoms with Gasteiger partial charge < -0.3 is 34.6 Å². The van der Waals surface area contributed by atoms with Crippen molar-refractivity contribution >= 4 is 39.8 Å². The molecular weight excluding hydrogens is 601 g/mol. The van der Waals surface area contributed by atoms with E-state index in [-0.39, 0.29) is 17.6 Å². The molecule has 0 saturated carbocycles. The van der Waals surface area contributed by atoms with Crippen LogP contribution < -0.4 is 25.0 Å². The first kappa shape index (κ1) is 30.7. The Morgan fingerprint density at radius 1 is 1.04 bits per heavy atom. The molecule has 3 fully saturated rings. The number of nitrogens with one attached hydrogen (secondary N) is 2. The number of methoxy groups -OCH3 is 1. The number of anilines is 4. The first-order valence-corrected chi connectivity index (χ1v) is 16.0. The number of piperidine rings is 1. The number of ether oxygens (including phenoxy) is 3. The zero-order valence-corrected chi connectivity index (χ0v) is 26.4. The minimum Gasteiger partial charge on any atom is -0.495 e. The van der Waals surface area contributed by atoms with E-state index in [1.54, 1.807) is 36.4 Å². The van der Waals surface area contributed by atoms with E-state index in [1.807, 2.05) is 18.2 Å². The number of carbonyl (C=O) groups is 1. The van der Waals surface area contributed by atoms with Crippen molar-refractivity contribution < 1.29 is 23.4 Å². The molecule has 1 amide bonds. The lowest BCUT2D eigenvalue weighted by Gasteiger charge is -2.52. The quantitative estimate of drug-likeness (QED) is 0.214. The molecule has 12 heteroatoms. The largest absolute Gasteiger partial charge is 0.495 e. The lowest BCUT2D eigenvalue weighted by molar-refractivity contribution is -0.126. The number of aromatic nitrogens is 3. The van der Waals surface area contributed by atoms with Crippen LogP contribution in [0.5, 0.6) is 17.2 Å². The van der Waals surface area contributed by atoms with Gasteiger partial charge in [-0.25, -0.2) is 19.3 Å². The number of likely N-dealkylation sites (tertiary alicyclic amines) is 1. The van der Waals surface area contributed by atoms with E-state index in [9.17, 15) is 4.79 Å². The number of halogens is 1. The Bertz CT molecular complexity index is 1780. The maximum Gasteiger partial charge on any atom is 0.245 e. The van der Waals surface area contributed by atoms with Crippen LogP contribution in [0.1, 0.15) is 25.7 Å². The van der Waals surface area contributed by atoms with Crippen LogP contribution in [0, 0.1) is 11.2 Å². The summed E-state index contributed by atoms with van der Waals surface area (Å²) in [6.45, 7) is 8.44. The van der Waals surface area contributed by atoms with E-state index in [1.165, 1.54) is 18.5 Å². The standard InChI is InChI=1S/C35H38FN7O4/c1-3-33(44)42-12-7-23(8-13-42)40-30-18-26-29(19-31(30)45-2)38-22-39-34(26)41-28-5-4-24(16-27(28)36)47-25-6-11-37-32(17-25)43-20-35(21-43)9-14-46-15-10-35/h3-6,11,16-19,22-23,40H,1,7-10,12-15,20-21H2,2H3,(H,38,39,41). The molecule has 0 unspecified atom stereocenters. The average molecular weight is 640 g/mol. The lowest BCUT2D eigenvalue weighted by Crippen LogP contribution is -2.58. The summed E-state index contributed by atoms with van der Waals surface area (Å²) in [7, 11) is 1.61. The topological polar surface area (TPSA) is 114 Å². The van der Waals surface area contributed by atoms with Crippen LogP contribution in [-0.2, 0) is 9.53 Å². The Morgan fingerprint density at radius 3 is 2.57 bits per heavy atom. The fourth-order valence-corrected chi connectivity index (χ4v) is 6.66. The summed E-state index contributed by atoms with van der Waals surface area (Å²) in [5, 5.41) is 7.40. The van der Waals surface area contributed by atoms with E-state index in [2.05, 4.69) is 37.1 Å². The third-order valence-corrected chi connectivity index (χ3v) is 9.37. The predicted molar refractivity (Wildman–Crippen MR) is 178 cm³/mol. The van der Waals surface area contributed by atoms with Crippen molar-refractivity contribution in [2.75, 3.05) is 62.0 Å². The molecule has 4 aromatic rings. The Morgan fingerprint density at radius 2 is 1.83 bits per heavy atom. The van der Waals surface area contributed by atoms with Crippen molar-refractivity contribution in [3.63, 3.8) is 0 Å². The second-order valence-corrected chi connectivity index (χ2v) is 12.4. The molecule has 0 radical (unpaired) electrons. The lowest BCUT2D eigenvalue weighted by atomic mass is 9.73. The van der Waals surface area contributed by atoms with Crippen molar-refractivity contribution in [3.8, 4) is 17.2 Å². The molecule has 1 spiro atoms. The van der Waals surface area contributed by atoms with Gasteiger partial charge in [0.25, 0.3) is 0 Å². The van der Waals surface area contributed by atoms with Crippen LogP contribution in [-0.4, -0.2) is 78.3 Å². The summed E-state index contributed by atoms with van der Waals surface area (Å²) in [4.78, 5) is 29.4. The van der Waals surface area contributed by atoms with Gasteiger partial charge >= 0.3 is 0 Å². The number of benzene rings is 2. The molecule has 244 valence electrons. The van der Waals surface area contributed by atoms with Crippen molar-refractivity contribution in [2.45, 2.75) is 31.7 Å². The zero-order valence-electron chi connectivity index (χ0n) is 26.4. The molecular formula is C35H38FN7O4. The van der Waals surface area contributed by atoms with Crippen LogP contribution >= 0.6 is 0 Å². The van der Waals surface area contributed by atoms with Crippen molar-refractivity contribution in [2.24, 2.45) is 5.41 Å². The molecule has 2 aromatic heterocycles. The number of fused-ring (bicyclic) bond motifs is 1. The van der Waals surface area contributed by atoms with E-state index >= 15 is 4.39 Å². The Labute approximate surface area is 272 Å². The summed E-state index contributed by atoms with van der Waals surface area (Å²) >= 11 is 0. The van der Waals surface area contributed by atoms with Gasteiger partial charge in [0.2, 0.25) is 5.91 Å². The van der Waals surface area contributed by atoms with Gasteiger partial charge in [-0.3, -0.25) is 4.79 Å². The summed E-state index contributed by atoms with van der Waals surface area (Å²) in [6.07, 6.45) is 8.23. The molecule has 3 aliphatic heterocycles. The normalized spacial score (nSPS) is 17.7. The molecule has 2 aromatic carbocycles. The minimum atomic E-state index is -0.486. The number of hydrogen-bond acceptors (Lipinski definition) is 10. The molecule has 0 atom stereocenters. The highest BCUT2D eigenvalue weighted by molar-refractivity contribution is 5.95. The molecule has 0 aliphatic carbocycles. The summed E-state index contributed by atoms with van der Waals surface area (Å²) in [5.74, 6) is 2.37. The summed E-state index contributed by atoms with van der Waals surface area (Å²) in [6, 6.07) is 12.3. The fourth-order valence-electron chi connectivity index (χ4n) is 6.66. The van der Waals surface area contributed by atoms with Gasteiger partial charge in [0.15, 0.2) is 0 Å². The van der Waals surface area contributed by atoms with Gasteiger partial charge in [-0.05, 0) is 56.0 Å². The van der Waals surface area contributed by atoms with Crippen molar-refractivity contribution in [1.82, 2.24) is 19.9 Å². The highest BCUT2D eigenvalue weighted by Gasteiger charge is 2.44. The number of amides is 1. The molecule has 3 saturated heterocycles. The second kappa shape index (κ2) is 13.0. The SMILES string of the molecule is C=CC(=O)N1CCC(Nc2cc3c(Nc4ccc(Oc5ccnc(N6CC7(CCOCC7)C6)c5)cc4F)ncnc3cc2OC)CC1. The van der Waals surface area contributed by atoms with Gasteiger partial charge in [0.1, 0.15) is 41.0 Å². The number of hydrogen-bond donors (Lipinski definition) is 2. The van der Waals surface area contributed by atoms with Crippen LogP contribution in [0.25, 0.3) is 10.9 Å². The molecule has 5 heterocycles. The van der Waals surface area contributed by atoms with E-state index in [0.717, 1.165) is 63.5 Å². The Kier molecular flexibility index (Phi) is 8.50. The van der Waals surface area contributed by atoms with Gasteiger partial charge in [-0.1, -0.05) is 6.58 Å². The molecule has 3 aliphatic rings. The third-order valence-electron chi connectivity index (χ3n) is 9.37. The number of pyridine rings is 1. The first-order chi connectivity index (χ1) is 22.9. The van der Waals surface area contributed by atoms with E-state index in [0.29, 0.717) is 52.5 Å². The highest BCUT2D eigenvalue weighted by atomic mass is 19.1. The van der Waals surface area contributed by atoms with Crippen LogP contribution in [0.4, 0.5) is 27.4 Å². The first-order valence-electron chi connectivity index (χ1n) is 16.0. The molecule has 47 heavy (non-hydrogen) atoms. The Balaban J connectivity index is 1.04. The smallest absolute Gasteiger partial charge is 0.245 e. The summed E-state index contributed by atoms with van der Waals surface area (Å²) in [5.41, 5.74) is 2.00. The van der Waals surface area contributed by atoms with E-state index in [4.69, 9.17) is 14.2 Å². The number of nitrogens with zero attached hydrogens (tertiary/aromatic N) is 5. The average Bonchev–Trinajstić information content (AvgIpc) is 3.08. The van der Waals surface area contributed by atoms with Crippen LogP contribution in [0.3, 0.4) is 0 Å². The van der Waals surface area contributed by atoms with Gasteiger partial charge in [0.05, 0.1) is 24.0 Å². The fraction of sp³-hybridized carbons (Fsp3) is 0.371. The van der Waals surface area contributed by atoms with Gasteiger partial charge in [-0.2, -0.15) is 0 Å². The third kappa shape index (κ3) is 6.50. The van der Waals surface area contributed by atoms with Crippen molar-refractivity contribution in [3.05, 3.63) is 73.5 Å². The van der Waals surface area contributed by atoms with Gasteiger partial charge in [0, 0.05) is 80.6 Å².